The Bertz CT molecular complexity index is 1180. The number of nitrogens with one attached hydrogen (secondary N) is 1. The average molecular weight is 439 g/mol. The van der Waals surface area contributed by atoms with E-state index in [1.165, 1.54) is 12.1 Å². The SMILES string of the molecule is O=C1C(Nc2cccc(OC(F)(F)F)c2)=C(c2ccccc2)C(=O)N1Cc1cccnc1. The number of nitrogens with zero attached hydrogens (tertiary/aromatic N) is 2. The highest BCUT2D eigenvalue weighted by Gasteiger charge is 2.39. The Kier molecular flexibility index (Phi) is 5.63. The summed E-state index contributed by atoms with van der Waals surface area (Å²) in [5.41, 5.74) is 1.42. The van der Waals surface area contributed by atoms with E-state index in [1.54, 1.807) is 54.9 Å². The zero-order valence-electron chi connectivity index (χ0n) is 16.5. The summed E-state index contributed by atoms with van der Waals surface area (Å²) in [6.45, 7) is 0.00421. The van der Waals surface area contributed by atoms with Gasteiger partial charge in [0, 0.05) is 24.1 Å². The molecule has 0 atom stereocenters. The zero-order valence-corrected chi connectivity index (χ0v) is 16.5. The van der Waals surface area contributed by atoms with Crippen LogP contribution in [0.25, 0.3) is 5.57 Å². The minimum absolute atomic E-state index is 0.00421. The van der Waals surface area contributed by atoms with Crippen LogP contribution in [-0.2, 0) is 16.1 Å². The van der Waals surface area contributed by atoms with Gasteiger partial charge in [-0.3, -0.25) is 19.5 Å². The van der Waals surface area contributed by atoms with Gasteiger partial charge in [-0.25, -0.2) is 0 Å². The molecule has 0 aliphatic carbocycles. The lowest BCUT2D eigenvalue weighted by Gasteiger charge is -2.15. The molecule has 2 aromatic carbocycles. The van der Waals surface area contributed by atoms with Crippen molar-refractivity contribution < 1.29 is 27.5 Å². The minimum Gasteiger partial charge on any atom is -0.406 e. The van der Waals surface area contributed by atoms with Crippen molar-refractivity contribution in [2.75, 3.05) is 5.32 Å². The average Bonchev–Trinajstić information content (AvgIpc) is 2.98. The van der Waals surface area contributed by atoms with Gasteiger partial charge in [-0.05, 0) is 29.3 Å². The van der Waals surface area contributed by atoms with E-state index in [9.17, 15) is 22.8 Å². The van der Waals surface area contributed by atoms with E-state index in [-0.39, 0.29) is 23.5 Å². The molecule has 162 valence electrons. The third-order valence-corrected chi connectivity index (χ3v) is 4.63. The van der Waals surface area contributed by atoms with Gasteiger partial charge in [-0.1, -0.05) is 42.5 Å². The molecule has 4 rings (SSSR count). The summed E-state index contributed by atoms with van der Waals surface area (Å²) >= 11 is 0. The van der Waals surface area contributed by atoms with Gasteiger partial charge in [0.15, 0.2) is 0 Å². The molecule has 1 aliphatic rings. The number of pyridine rings is 1. The van der Waals surface area contributed by atoms with E-state index < -0.39 is 23.9 Å². The molecule has 1 N–H and O–H groups in total. The standard InChI is InChI=1S/C23H16F3N3O3/c24-23(25,26)32-18-10-4-9-17(12-18)28-20-19(16-7-2-1-3-8-16)21(30)29(22(20)31)14-15-6-5-11-27-13-15/h1-13,28H,14H2. The molecule has 6 nitrogen and oxygen atoms in total. The Hall–Kier alpha value is -4.14. The first-order valence-corrected chi connectivity index (χ1v) is 9.49. The van der Waals surface area contributed by atoms with Crippen LogP contribution in [-0.4, -0.2) is 28.1 Å². The fourth-order valence-corrected chi connectivity index (χ4v) is 3.30. The lowest BCUT2D eigenvalue weighted by molar-refractivity contribution is -0.274. The number of halogens is 3. The third-order valence-electron chi connectivity index (χ3n) is 4.63. The summed E-state index contributed by atoms with van der Waals surface area (Å²) in [7, 11) is 0. The predicted molar refractivity (Wildman–Crippen MR) is 110 cm³/mol. The number of aromatic nitrogens is 1. The fourth-order valence-electron chi connectivity index (χ4n) is 3.30. The molecule has 0 spiro atoms. The molecule has 9 heteroatoms. The Balaban J connectivity index is 1.69. The number of alkyl halides is 3. The quantitative estimate of drug-likeness (QED) is 0.578. The summed E-state index contributed by atoms with van der Waals surface area (Å²) in [5.74, 6) is -1.57. The highest BCUT2D eigenvalue weighted by Crippen LogP contribution is 2.32. The molecular weight excluding hydrogens is 423 g/mol. The molecule has 1 aliphatic heterocycles. The molecule has 3 aromatic rings. The minimum atomic E-state index is -4.85. The van der Waals surface area contributed by atoms with Crippen LogP contribution in [0.2, 0.25) is 0 Å². The number of hydrogen-bond donors (Lipinski definition) is 1. The topological polar surface area (TPSA) is 71.5 Å². The monoisotopic (exact) mass is 439 g/mol. The Labute approximate surface area is 181 Å². The zero-order chi connectivity index (χ0) is 22.7. The Morgan fingerprint density at radius 2 is 1.72 bits per heavy atom. The van der Waals surface area contributed by atoms with Crippen molar-refractivity contribution in [1.29, 1.82) is 0 Å². The van der Waals surface area contributed by atoms with Crippen molar-refractivity contribution >= 4 is 23.1 Å². The predicted octanol–water partition coefficient (Wildman–Crippen LogP) is 4.37. The number of hydrogen-bond acceptors (Lipinski definition) is 5. The second kappa shape index (κ2) is 8.54. The summed E-state index contributed by atoms with van der Waals surface area (Å²) in [6, 6.07) is 17.1. The van der Waals surface area contributed by atoms with Crippen molar-refractivity contribution in [2.24, 2.45) is 0 Å². The van der Waals surface area contributed by atoms with Gasteiger partial charge in [0.1, 0.15) is 11.4 Å². The molecule has 0 saturated heterocycles. The normalized spacial score (nSPS) is 14.2. The van der Waals surface area contributed by atoms with Crippen LogP contribution >= 0.6 is 0 Å². The maximum absolute atomic E-state index is 13.2. The second-order valence-electron chi connectivity index (χ2n) is 6.87. The molecular formula is C23H16F3N3O3. The van der Waals surface area contributed by atoms with E-state index >= 15 is 0 Å². The highest BCUT2D eigenvalue weighted by molar-refractivity contribution is 6.36. The third kappa shape index (κ3) is 4.61. The maximum Gasteiger partial charge on any atom is 0.573 e. The van der Waals surface area contributed by atoms with Crippen molar-refractivity contribution in [3.63, 3.8) is 0 Å². The Morgan fingerprint density at radius 3 is 2.41 bits per heavy atom. The van der Waals surface area contributed by atoms with Crippen molar-refractivity contribution in [3.8, 4) is 5.75 Å². The van der Waals surface area contributed by atoms with Gasteiger partial charge in [0.05, 0.1) is 12.1 Å². The van der Waals surface area contributed by atoms with E-state index in [0.29, 0.717) is 11.1 Å². The molecule has 0 saturated carbocycles. The summed E-state index contributed by atoms with van der Waals surface area (Å²) < 4.78 is 41.7. The van der Waals surface area contributed by atoms with Crippen molar-refractivity contribution in [1.82, 2.24) is 9.88 Å². The smallest absolute Gasteiger partial charge is 0.406 e. The molecule has 0 unspecified atom stereocenters. The van der Waals surface area contributed by atoms with Gasteiger partial charge < -0.3 is 10.1 Å². The molecule has 1 aromatic heterocycles. The Morgan fingerprint density at radius 1 is 0.938 bits per heavy atom. The van der Waals surface area contributed by atoms with Crippen LogP contribution in [0.5, 0.6) is 5.75 Å². The second-order valence-corrected chi connectivity index (χ2v) is 6.87. The molecule has 2 heterocycles. The largest absolute Gasteiger partial charge is 0.573 e. The van der Waals surface area contributed by atoms with E-state index in [4.69, 9.17) is 0 Å². The molecule has 0 bridgehead atoms. The lowest BCUT2D eigenvalue weighted by atomic mass is 10.0. The number of rotatable bonds is 6. The summed E-state index contributed by atoms with van der Waals surface area (Å²) in [6.07, 6.45) is -1.73. The van der Waals surface area contributed by atoms with E-state index in [2.05, 4.69) is 15.0 Å². The number of benzene rings is 2. The van der Waals surface area contributed by atoms with Crippen molar-refractivity contribution in [2.45, 2.75) is 12.9 Å². The van der Waals surface area contributed by atoms with Gasteiger partial charge in [-0.2, -0.15) is 0 Å². The van der Waals surface area contributed by atoms with Crippen LogP contribution < -0.4 is 10.1 Å². The first-order valence-electron chi connectivity index (χ1n) is 9.49. The van der Waals surface area contributed by atoms with E-state index in [1.807, 2.05) is 0 Å². The van der Waals surface area contributed by atoms with Crippen LogP contribution in [0.1, 0.15) is 11.1 Å². The van der Waals surface area contributed by atoms with Crippen LogP contribution in [0.15, 0.2) is 84.8 Å². The van der Waals surface area contributed by atoms with Crippen molar-refractivity contribution in [3.05, 3.63) is 95.9 Å². The van der Waals surface area contributed by atoms with Gasteiger partial charge in [0.2, 0.25) is 0 Å². The number of anilines is 1. The molecule has 0 radical (unpaired) electrons. The number of ether oxygens (including phenoxy) is 1. The van der Waals surface area contributed by atoms with Gasteiger partial charge >= 0.3 is 6.36 Å². The summed E-state index contributed by atoms with van der Waals surface area (Å²) in [5, 5.41) is 2.82. The maximum atomic E-state index is 13.2. The first kappa shape index (κ1) is 21.1. The molecule has 0 fully saturated rings. The number of imide groups is 1. The van der Waals surface area contributed by atoms with Crippen LogP contribution in [0.3, 0.4) is 0 Å². The van der Waals surface area contributed by atoms with Gasteiger partial charge in [0.25, 0.3) is 11.8 Å². The fraction of sp³-hybridized carbons (Fsp3) is 0.0870. The first-order chi connectivity index (χ1) is 15.3. The van der Waals surface area contributed by atoms with Crippen LogP contribution in [0, 0.1) is 0 Å². The lowest BCUT2D eigenvalue weighted by Crippen LogP contribution is -2.32. The van der Waals surface area contributed by atoms with E-state index in [0.717, 1.165) is 17.0 Å². The van der Waals surface area contributed by atoms with Gasteiger partial charge in [-0.15, -0.1) is 13.2 Å². The van der Waals surface area contributed by atoms with Crippen LogP contribution in [0.4, 0.5) is 18.9 Å². The number of carbonyl (C=O) groups is 2. The number of carbonyl (C=O) groups excluding carboxylic acids is 2. The molecule has 32 heavy (non-hydrogen) atoms. The molecule has 2 amide bonds. The number of amides is 2. The summed E-state index contributed by atoms with van der Waals surface area (Å²) in [4.78, 5) is 31.4. The highest BCUT2D eigenvalue weighted by atomic mass is 19.4.